The molecule has 0 radical (unpaired) electrons. The Bertz CT molecular complexity index is 615. The summed E-state index contributed by atoms with van der Waals surface area (Å²) in [6.45, 7) is 0.483. The second kappa shape index (κ2) is 7.61. The molecule has 1 heterocycles. The van der Waals surface area contributed by atoms with Gasteiger partial charge in [-0.1, -0.05) is 35.3 Å². The average Bonchev–Trinajstić information content (AvgIpc) is 2.54. The molecule has 1 saturated heterocycles. The van der Waals surface area contributed by atoms with Crippen LogP contribution in [0.2, 0.25) is 0 Å². The summed E-state index contributed by atoms with van der Waals surface area (Å²) >= 11 is 10.9. The standard InChI is InChI=1S/C15H15Cl2F3N2O2/c16-12(17)13(23)21-9-5-7-22(8-6-9)14(24)10-3-1-2-4-11(10)15(18,19)20/h1-4,9,12H,5-8H2,(H,21,23). The van der Waals surface area contributed by atoms with E-state index in [-0.39, 0.29) is 24.7 Å². The first-order valence-electron chi connectivity index (χ1n) is 7.24. The maximum Gasteiger partial charge on any atom is 0.417 e. The van der Waals surface area contributed by atoms with E-state index in [4.69, 9.17) is 23.2 Å². The van der Waals surface area contributed by atoms with Gasteiger partial charge >= 0.3 is 6.18 Å². The van der Waals surface area contributed by atoms with E-state index in [2.05, 4.69) is 5.32 Å². The minimum absolute atomic E-state index is 0.209. The molecule has 9 heteroatoms. The Kier molecular flexibility index (Phi) is 5.98. The molecule has 132 valence electrons. The molecule has 2 amide bonds. The monoisotopic (exact) mass is 382 g/mol. The van der Waals surface area contributed by atoms with Crippen molar-refractivity contribution in [3.63, 3.8) is 0 Å². The van der Waals surface area contributed by atoms with Gasteiger partial charge < -0.3 is 10.2 Å². The lowest BCUT2D eigenvalue weighted by Crippen LogP contribution is -2.47. The molecule has 0 aliphatic carbocycles. The highest BCUT2D eigenvalue weighted by Gasteiger charge is 2.36. The molecule has 0 aromatic heterocycles. The predicted octanol–water partition coefficient (Wildman–Crippen LogP) is 3.23. The SMILES string of the molecule is O=C(NC1CCN(C(=O)c2ccccc2C(F)(F)F)CC1)C(Cl)Cl. The van der Waals surface area contributed by atoms with Crippen LogP contribution in [0.5, 0.6) is 0 Å². The highest BCUT2D eigenvalue weighted by molar-refractivity contribution is 6.53. The van der Waals surface area contributed by atoms with Gasteiger partial charge in [-0.05, 0) is 25.0 Å². The van der Waals surface area contributed by atoms with Crippen molar-refractivity contribution in [2.24, 2.45) is 0 Å². The van der Waals surface area contributed by atoms with E-state index in [0.717, 1.165) is 6.07 Å². The summed E-state index contributed by atoms with van der Waals surface area (Å²) in [7, 11) is 0. The van der Waals surface area contributed by atoms with Crippen LogP contribution < -0.4 is 5.32 Å². The number of carbonyl (C=O) groups is 2. The molecule has 0 unspecified atom stereocenters. The van der Waals surface area contributed by atoms with Crippen LogP contribution in [0, 0.1) is 0 Å². The predicted molar refractivity (Wildman–Crippen MR) is 84.0 cm³/mol. The lowest BCUT2D eigenvalue weighted by molar-refractivity contribution is -0.138. The first kappa shape index (κ1) is 18.9. The third-order valence-corrected chi connectivity index (χ3v) is 4.19. The Labute approximate surface area is 146 Å². The lowest BCUT2D eigenvalue weighted by atomic mass is 10.0. The zero-order valence-corrected chi connectivity index (χ0v) is 14.0. The number of benzene rings is 1. The van der Waals surface area contributed by atoms with Crippen LogP contribution in [0.1, 0.15) is 28.8 Å². The fraction of sp³-hybridized carbons (Fsp3) is 0.467. The lowest BCUT2D eigenvalue weighted by Gasteiger charge is -2.33. The Hall–Kier alpha value is -1.47. The maximum absolute atomic E-state index is 13.0. The Morgan fingerprint density at radius 3 is 2.29 bits per heavy atom. The summed E-state index contributed by atoms with van der Waals surface area (Å²) in [5.41, 5.74) is -1.31. The first-order chi connectivity index (χ1) is 11.2. The molecule has 2 rings (SSSR count). The van der Waals surface area contributed by atoms with Crippen LogP contribution in [0.4, 0.5) is 13.2 Å². The number of nitrogens with zero attached hydrogens (tertiary/aromatic N) is 1. The van der Waals surface area contributed by atoms with Crippen LogP contribution in [0.3, 0.4) is 0 Å². The van der Waals surface area contributed by atoms with E-state index in [1.54, 1.807) is 0 Å². The van der Waals surface area contributed by atoms with Crippen LogP contribution in [0.15, 0.2) is 24.3 Å². The number of alkyl halides is 5. The van der Waals surface area contributed by atoms with Crippen molar-refractivity contribution in [3.8, 4) is 0 Å². The molecule has 1 N–H and O–H groups in total. The molecule has 0 spiro atoms. The van der Waals surface area contributed by atoms with E-state index >= 15 is 0 Å². The minimum Gasteiger partial charge on any atom is -0.351 e. The number of halogens is 5. The van der Waals surface area contributed by atoms with Crippen molar-refractivity contribution in [3.05, 3.63) is 35.4 Å². The number of likely N-dealkylation sites (tertiary alicyclic amines) is 1. The number of rotatable bonds is 3. The fourth-order valence-electron chi connectivity index (χ4n) is 2.58. The van der Waals surface area contributed by atoms with E-state index in [1.165, 1.54) is 23.1 Å². The van der Waals surface area contributed by atoms with Crippen molar-refractivity contribution >= 4 is 35.0 Å². The van der Waals surface area contributed by atoms with Crippen LogP contribution >= 0.6 is 23.2 Å². The second-order valence-electron chi connectivity index (χ2n) is 5.42. The van der Waals surface area contributed by atoms with Gasteiger partial charge in [0.15, 0.2) is 4.84 Å². The van der Waals surface area contributed by atoms with Crippen molar-refractivity contribution < 1.29 is 22.8 Å². The Morgan fingerprint density at radius 1 is 1.17 bits per heavy atom. The maximum atomic E-state index is 13.0. The number of carbonyl (C=O) groups excluding carboxylic acids is 2. The van der Waals surface area contributed by atoms with Crippen LogP contribution in [-0.4, -0.2) is 40.7 Å². The van der Waals surface area contributed by atoms with Gasteiger partial charge in [-0.25, -0.2) is 0 Å². The van der Waals surface area contributed by atoms with E-state index in [1.807, 2.05) is 0 Å². The fourth-order valence-corrected chi connectivity index (χ4v) is 2.70. The molecular weight excluding hydrogens is 368 g/mol. The topological polar surface area (TPSA) is 49.4 Å². The minimum atomic E-state index is -4.59. The summed E-state index contributed by atoms with van der Waals surface area (Å²) in [5.74, 6) is -1.19. The number of piperidine rings is 1. The highest BCUT2D eigenvalue weighted by Crippen LogP contribution is 2.32. The van der Waals surface area contributed by atoms with E-state index < -0.39 is 28.4 Å². The summed E-state index contributed by atoms with van der Waals surface area (Å²) in [4.78, 5) is 24.0. The molecule has 0 saturated carbocycles. The van der Waals surface area contributed by atoms with Crippen molar-refractivity contribution in [1.29, 1.82) is 0 Å². The average molecular weight is 383 g/mol. The Morgan fingerprint density at radius 2 is 1.75 bits per heavy atom. The van der Waals surface area contributed by atoms with Crippen LogP contribution in [0.25, 0.3) is 0 Å². The molecule has 0 atom stereocenters. The zero-order valence-electron chi connectivity index (χ0n) is 12.4. The molecule has 4 nitrogen and oxygen atoms in total. The molecule has 1 aromatic carbocycles. The largest absolute Gasteiger partial charge is 0.417 e. The first-order valence-corrected chi connectivity index (χ1v) is 8.11. The molecule has 1 aliphatic heterocycles. The molecule has 1 fully saturated rings. The molecule has 1 aliphatic rings. The summed E-state index contributed by atoms with van der Waals surface area (Å²) in [6.07, 6.45) is -3.74. The number of hydrogen-bond acceptors (Lipinski definition) is 2. The van der Waals surface area contributed by atoms with Gasteiger partial charge in [0, 0.05) is 19.1 Å². The molecular formula is C15H15Cl2F3N2O2. The van der Waals surface area contributed by atoms with Gasteiger partial charge in [0.2, 0.25) is 0 Å². The molecule has 1 aromatic rings. The van der Waals surface area contributed by atoms with Gasteiger partial charge in [0.05, 0.1) is 11.1 Å². The normalized spacial score (nSPS) is 16.3. The summed E-state index contributed by atoms with van der Waals surface area (Å²) in [5, 5.41) is 2.63. The van der Waals surface area contributed by atoms with Crippen LogP contribution in [-0.2, 0) is 11.0 Å². The molecule has 0 bridgehead atoms. The van der Waals surface area contributed by atoms with Gasteiger partial charge in [-0.2, -0.15) is 13.2 Å². The van der Waals surface area contributed by atoms with Gasteiger partial charge in [-0.15, -0.1) is 0 Å². The smallest absolute Gasteiger partial charge is 0.351 e. The number of nitrogens with one attached hydrogen (secondary N) is 1. The quantitative estimate of drug-likeness (QED) is 0.815. The van der Waals surface area contributed by atoms with Gasteiger partial charge in [0.1, 0.15) is 0 Å². The third-order valence-electron chi connectivity index (χ3n) is 3.79. The van der Waals surface area contributed by atoms with Gasteiger partial charge in [0.25, 0.3) is 11.8 Å². The van der Waals surface area contributed by atoms with Crippen molar-refractivity contribution in [2.75, 3.05) is 13.1 Å². The highest BCUT2D eigenvalue weighted by atomic mass is 35.5. The second-order valence-corrected chi connectivity index (χ2v) is 6.52. The van der Waals surface area contributed by atoms with Crippen molar-refractivity contribution in [2.45, 2.75) is 29.9 Å². The van der Waals surface area contributed by atoms with E-state index in [9.17, 15) is 22.8 Å². The number of amides is 2. The Balaban J connectivity index is 2.03. The summed E-state index contributed by atoms with van der Waals surface area (Å²) in [6, 6.07) is 4.50. The molecule has 24 heavy (non-hydrogen) atoms. The summed E-state index contributed by atoms with van der Waals surface area (Å²) < 4.78 is 39.0. The zero-order chi connectivity index (χ0) is 17.9. The van der Waals surface area contributed by atoms with Crippen molar-refractivity contribution in [1.82, 2.24) is 10.2 Å². The number of hydrogen-bond donors (Lipinski definition) is 1. The van der Waals surface area contributed by atoms with E-state index in [0.29, 0.717) is 12.8 Å². The van der Waals surface area contributed by atoms with Gasteiger partial charge in [-0.3, -0.25) is 9.59 Å². The third kappa shape index (κ3) is 4.54.